The van der Waals surface area contributed by atoms with Gasteiger partial charge in [0.15, 0.2) is 0 Å². The molecule has 134 valence electrons. The van der Waals surface area contributed by atoms with Crippen molar-refractivity contribution in [2.24, 2.45) is 0 Å². The maximum atomic E-state index is 14.5. The predicted molar refractivity (Wildman–Crippen MR) is 92.8 cm³/mol. The van der Waals surface area contributed by atoms with Crippen LogP contribution in [-0.2, 0) is 11.2 Å². The van der Waals surface area contributed by atoms with Crippen molar-refractivity contribution in [3.8, 4) is 0 Å². The Kier molecular flexibility index (Phi) is 4.18. The minimum Gasteiger partial charge on any atom is -0.332 e. The number of carbonyl (C=O) groups excluding carboxylic acids is 2. The molecule has 1 N–H and O–H groups in total. The number of carbonyl (C=O) groups is 2. The highest BCUT2D eigenvalue weighted by atomic mass is 19.1. The molecule has 0 aliphatic carbocycles. The van der Waals surface area contributed by atoms with Gasteiger partial charge < -0.3 is 10.2 Å². The molecule has 0 radical (unpaired) electrons. The molecule has 2 aromatic rings. The van der Waals surface area contributed by atoms with E-state index in [9.17, 15) is 18.4 Å². The molecule has 26 heavy (non-hydrogen) atoms. The molecule has 0 spiro atoms. The number of anilines is 1. The van der Waals surface area contributed by atoms with Crippen LogP contribution < -0.4 is 5.32 Å². The van der Waals surface area contributed by atoms with E-state index >= 15 is 0 Å². The number of halogens is 2. The normalized spacial score (nSPS) is 19.2. The van der Waals surface area contributed by atoms with Gasteiger partial charge in [0.2, 0.25) is 5.91 Å². The van der Waals surface area contributed by atoms with Crippen molar-refractivity contribution < 1.29 is 18.4 Å². The van der Waals surface area contributed by atoms with Crippen LogP contribution in [0, 0.1) is 11.6 Å². The van der Waals surface area contributed by atoms with Gasteiger partial charge in [0.25, 0.3) is 5.91 Å². The van der Waals surface area contributed by atoms with Crippen molar-refractivity contribution in [3.05, 3.63) is 64.7 Å². The summed E-state index contributed by atoms with van der Waals surface area (Å²) in [6.07, 6.45) is 2.31. The standard InChI is InChI=1S/C20H18F2N2O2/c21-14-4-1-3-13(9-14)18-5-2-8-24(18)20(26)15-10-12-6-7-19(25)23-17(12)11-16(15)22/h1,3-4,9-11,18H,2,5-8H2,(H,23,25). The van der Waals surface area contributed by atoms with Gasteiger partial charge in [0.1, 0.15) is 11.6 Å². The summed E-state index contributed by atoms with van der Waals surface area (Å²) in [5, 5.41) is 2.63. The molecule has 2 aromatic carbocycles. The van der Waals surface area contributed by atoms with Crippen LogP contribution in [0.1, 0.15) is 46.8 Å². The molecular weight excluding hydrogens is 338 g/mol. The second-order valence-electron chi connectivity index (χ2n) is 6.75. The second-order valence-corrected chi connectivity index (χ2v) is 6.75. The minimum atomic E-state index is -0.652. The van der Waals surface area contributed by atoms with Gasteiger partial charge in [-0.05, 0) is 54.7 Å². The first-order chi connectivity index (χ1) is 12.5. The molecular formula is C20H18F2N2O2. The first-order valence-electron chi connectivity index (χ1n) is 8.71. The third kappa shape index (κ3) is 2.96. The van der Waals surface area contributed by atoms with Crippen LogP contribution >= 0.6 is 0 Å². The Balaban J connectivity index is 1.66. The highest BCUT2D eigenvalue weighted by Gasteiger charge is 2.32. The maximum absolute atomic E-state index is 14.5. The number of fused-ring (bicyclic) bond motifs is 1. The molecule has 2 aliphatic rings. The molecule has 1 saturated heterocycles. The van der Waals surface area contributed by atoms with Crippen LogP contribution in [0.4, 0.5) is 14.5 Å². The monoisotopic (exact) mass is 356 g/mol. The molecule has 2 heterocycles. The van der Waals surface area contributed by atoms with Crippen LogP contribution in [0.5, 0.6) is 0 Å². The van der Waals surface area contributed by atoms with Gasteiger partial charge in [0.05, 0.1) is 11.6 Å². The van der Waals surface area contributed by atoms with Crippen molar-refractivity contribution >= 4 is 17.5 Å². The van der Waals surface area contributed by atoms with Crippen molar-refractivity contribution in [3.63, 3.8) is 0 Å². The summed E-state index contributed by atoms with van der Waals surface area (Å²) in [6.45, 7) is 0.507. The Morgan fingerprint density at radius 3 is 2.81 bits per heavy atom. The molecule has 4 rings (SSSR count). The number of likely N-dealkylation sites (tertiary alicyclic amines) is 1. The average Bonchev–Trinajstić information content (AvgIpc) is 3.10. The zero-order chi connectivity index (χ0) is 18.3. The van der Waals surface area contributed by atoms with Gasteiger partial charge in [-0.3, -0.25) is 9.59 Å². The zero-order valence-corrected chi connectivity index (χ0v) is 14.1. The molecule has 1 fully saturated rings. The highest BCUT2D eigenvalue weighted by molar-refractivity contribution is 5.98. The molecule has 2 aliphatic heterocycles. The average molecular weight is 356 g/mol. The first-order valence-corrected chi connectivity index (χ1v) is 8.71. The fourth-order valence-corrected chi connectivity index (χ4v) is 3.79. The summed E-state index contributed by atoms with van der Waals surface area (Å²) in [7, 11) is 0. The molecule has 0 saturated carbocycles. The lowest BCUT2D eigenvalue weighted by molar-refractivity contribution is -0.116. The number of hydrogen-bond acceptors (Lipinski definition) is 2. The number of aryl methyl sites for hydroxylation is 1. The fourth-order valence-electron chi connectivity index (χ4n) is 3.79. The van der Waals surface area contributed by atoms with Gasteiger partial charge in [-0.2, -0.15) is 0 Å². The number of hydrogen-bond donors (Lipinski definition) is 1. The molecule has 0 bridgehead atoms. The number of nitrogens with zero attached hydrogens (tertiary/aromatic N) is 1. The zero-order valence-electron chi connectivity index (χ0n) is 14.1. The quantitative estimate of drug-likeness (QED) is 0.889. The summed E-state index contributed by atoms with van der Waals surface area (Å²) in [5.74, 6) is -1.55. The Labute approximate surface area is 149 Å². The van der Waals surface area contributed by atoms with E-state index in [0.29, 0.717) is 25.1 Å². The summed E-state index contributed by atoms with van der Waals surface area (Å²) in [4.78, 5) is 26.1. The van der Waals surface area contributed by atoms with Gasteiger partial charge in [-0.1, -0.05) is 12.1 Å². The van der Waals surface area contributed by atoms with E-state index < -0.39 is 11.7 Å². The molecule has 4 nitrogen and oxygen atoms in total. The lowest BCUT2D eigenvalue weighted by Crippen LogP contribution is -2.31. The third-order valence-corrected chi connectivity index (χ3v) is 5.07. The van der Waals surface area contributed by atoms with E-state index in [1.54, 1.807) is 17.0 Å². The predicted octanol–water partition coefficient (Wildman–Crippen LogP) is 3.83. The van der Waals surface area contributed by atoms with Crippen LogP contribution in [-0.4, -0.2) is 23.3 Å². The molecule has 2 amide bonds. The number of amides is 2. The van der Waals surface area contributed by atoms with Crippen molar-refractivity contribution in [1.29, 1.82) is 0 Å². The van der Waals surface area contributed by atoms with Gasteiger partial charge >= 0.3 is 0 Å². The van der Waals surface area contributed by atoms with Crippen molar-refractivity contribution in [2.45, 2.75) is 31.7 Å². The molecule has 1 atom stereocenters. The Morgan fingerprint density at radius 2 is 2.00 bits per heavy atom. The SMILES string of the molecule is O=C1CCc2cc(C(=O)N3CCCC3c3cccc(F)c3)c(F)cc2N1. The van der Waals surface area contributed by atoms with Crippen LogP contribution in [0.25, 0.3) is 0 Å². The smallest absolute Gasteiger partial charge is 0.257 e. The van der Waals surface area contributed by atoms with E-state index in [4.69, 9.17) is 0 Å². The topological polar surface area (TPSA) is 49.4 Å². The first kappa shape index (κ1) is 16.7. The highest BCUT2D eigenvalue weighted by Crippen LogP contribution is 2.35. The third-order valence-electron chi connectivity index (χ3n) is 5.07. The summed E-state index contributed by atoms with van der Waals surface area (Å²) in [6, 6.07) is 8.69. The Hall–Kier alpha value is -2.76. The Bertz CT molecular complexity index is 897. The molecule has 6 heteroatoms. The number of nitrogens with one attached hydrogen (secondary N) is 1. The van der Waals surface area contributed by atoms with Crippen LogP contribution in [0.15, 0.2) is 36.4 Å². The van der Waals surface area contributed by atoms with E-state index in [1.165, 1.54) is 24.3 Å². The van der Waals surface area contributed by atoms with Crippen LogP contribution in [0.2, 0.25) is 0 Å². The Morgan fingerprint density at radius 1 is 1.15 bits per heavy atom. The van der Waals surface area contributed by atoms with Gasteiger partial charge in [0, 0.05) is 18.7 Å². The maximum Gasteiger partial charge on any atom is 0.257 e. The largest absolute Gasteiger partial charge is 0.332 e. The van der Waals surface area contributed by atoms with E-state index in [0.717, 1.165) is 24.0 Å². The summed E-state index contributed by atoms with van der Waals surface area (Å²) in [5.41, 5.74) is 1.92. The lowest BCUT2D eigenvalue weighted by Gasteiger charge is -2.26. The lowest BCUT2D eigenvalue weighted by atomic mass is 9.98. The molecule has 0 aromatic heterocycles. The van der Waals surface area contributed by atoms with Crippen molar-refractivity contribution in [2.75, 3.05) is 11.9 Å². The summed E-state index contributed by atoms with van der Waals surface area (Å²) < 4.78 is 28.1. The second kappa shape index (κ2) is 6.52. The van der Waals surface area contributed by atoms with E-state index in [-0.39, 0.29) is 23.3 Å². The number of rotatable bonds is 2. The van der Waals surface area contributed by atoms with Crippen molar-refractivity contribution in [1.82, 2.24) is 4.90 Å². The van der Waals surface area contributed by atoms with Crippen LogP contribution in [0.3, 0.4) is 0 Å². The summed E-state index contributed by atoms with van der Waals surface area (Å²) >= 11 is 0. The van der Waals surface area contributed by atoms with Gasteiger partial charge in [-0.25, -0.2) is 8.78 Å². The number of benzene rings is 2. The fraction of sp³-hybridized carbons (Fsp3) is 0.300. The van der Waals surface area contributed by atoms with E-state index in [2.05, 4.69) is 5.32 Å². The minimum absolute atomic E-state index is 0.00296. The van der Waals surface area contributed by atoms with Gasteiger partial charge in [-0.15, -0.1) is 0 Å². The molecule has 1 unspecified atom stereocenters. The van der Waals surface area contributed by atoms with E-state index in [1.807, 2.05) is 0 Å².